The second-order valence-electron chi connectivity index (χ2n) is 8.06. The van der Waals surface area contributed by atoms with Crippen LogP contribution in [0.4, 0.5) is 0 Å². The number of unbranched alkanes of at least 4 members (excludes halogenated alkanes) is 4. The summed E-state index contributed by atoms with van der Waals surface area (Å²) in [5.41, 5.74) is 2.27. The third kappa shape index (κ3) is 14.6. The van der Waals surface area contributed by atoms with E-state index in [-0.39, 0.29) is 0 Å². The fraction of sp³-hybridized carbons (Fsp3) is 0.692. The number of nitriles is 1. The molecule has 0 aliphatic heterocycles. The highest BCUT2D eigenvalue weighted by Gasteiger charge is 2.24. The average Bonchev–Trinajstić information content (AvgIpc) is 2.76. The van der Waals surface area contributed by atoms with Crippen LogP contribution in [0, 0.1) is 30.1 Å². The highest BCUT2D eigenvalue weighted by atomic mass is 79.9. The smallest absolute Gasteiger partial charge is 0.0786 e. The molecule has 0 unspecified atom stereocenters. The van der Waals surface area contributed by atoms with Crippen molar-refractivity contribution < 1.29 is 4.48 Å². The average molecular weight is 479 g/mol. The molecule has 0 radical (unpaired) electrons. The summed E-state index contributed by atoms with van der Waals surface area (Å²) >= 11 is 3.36. The molecule has 1 aromatic rings. The van der Waals surface area contributed by atoms with Crippen molar-refractivity contribution in [2.45, 2.75) is 92.4 Å². The van der Waals surface area contributed by atoms with Gasteiger partial charge in [0.25, 0.3) is 0 Å². The normalized spacial score (nSPS) is 10.2. The highest BCUT2D eigenvalue weighted by molar-refractivity contribution is 9.10. The van der Waals surface area contributed by atoms with Crippen molar-refractivity contribution in [1.29, 1.82) is 10.5 Å². The minimum Gasteiger partial charge on any atom is -0.512 e. The molecule has 1 aromatic carbocycles. The third-order valence-corrected chi connectivity index (χ3v) is 6.01. The molecule has 30 heavy (non-hydrogen) atoms. The van der Waals surface area contributed by atoms with E-state index in [4.69, 9.17) is 17.1 Å². The van der Waals surface area contributed by atoms with E-state index in [2.05, 4.69) is 49.7 Å². The lowest BCUT2D eigenvalue weighted by atomic mass is 10.1. The molecule has 0 fully saturated rings. The molecule has 0 spiro atoms. The van der Waals surface area contributed by atoms with Crippen LogP contribution in [-0.4, -0.2) is 30.7 Å². The van der Waals surface area contributed by atoms with Gasteiger partial charge in [-0.3, -0.25) is 0 Å². The van der Waals surface area contributed by atoms with Crippen LogP contribution < -0.4 is 0 Å². The molecular formula is C26H44BrN3. The zero-order valence-corrected chi connectivity index (χ0v) is 21.7. The third-order valence-electron chi connectivity index (χ3n) is 5.52. The maximum atomic E-state index is 8.45. The van der Waals surface area contributed by atoms with Gasteiger partial charge in [0.05, 0.1) is 38.7 Å². The summed E-state index contributed by atoms with van der Waals surface area (Å²) < 4.78 is 2.49. The standard InChI is InChI=1S/C16H36N.C9H8BrN.CN/c1-5-9-13-17(14-10-6-2,15-11-7-3)16-12-8-4;1-7-6-9(10)3-2-8(7)4-5-11;1-2/h5-16H2,1-4H3;2-3,6H,4H2,1H3;/q+1;;-1. The number of hydrogen-bond acceptors (Lipinski definition) is 2. The second kappa shape index (κ2) is 20.9. The molecule has 0 N–H and O–H groups in total. The zero-order valence-electron chi connectivity index (χ0n) is 20.1. The second-order valence-corrected chi connectivity index (χ2v) is 8.97. The zero-order chi connectivity index (χ0) is 23.3. The first kappa shape index (κ1) is 30.8. The number of benzene rings is 1. The van der Waals surface area contributed by atoms with Crippen molar-refractivity contribution in [2.75, 3.05) is 26.2 Å². The Morgan fingerprint density at radius 3 is 1.53 bits per heavy atom. The number of hydrogen-bond donors (Lipinski definition) is 0. The molecule has 0 aliphatic rings. The van der Waals surface area contributed by atoms with Crippen LogP contribution in [0.5, 0.6) is 0 Å². The summed E-state index contributed by atoms with van der Waals surface area (Å²) in [5, 5.41) is 14.7. The molecule has 170 valence electrons. The van der Waals surface area contributed by atoms with Crippen molar-refractivity contribution in [3.8, 4) is 6.07 Å². The molecule has 4 heteroatoms. The number of nitrogens with zero attached hydrogens (tertiary/aromatic N) is 3. The van der Waals surface area contributed by atoms with Gasteiger partial charge in [-0.05, 0) is 55.9 Å². The monoisotopic (exact) mass is 477 g/mol. The topological polar surface area (TPSA) is 47.6 Å². The Kier molecular flexibility index (Phi) is 21.5. The Labute approximate surface area is 195 Å². The van der Waals surface area contributed by atoms with E-state index in [1.165, 1.54) is 87.6 Å². The molecule has 0 amide bonds. The summed E-state index contributed by atoms with van der Waals surface area (Å²) in [6.45, 7) is 21.8. The van der Waals surface area contributed by atoms with Gasteiger partial charge in [-0.15, -0.1) is 0 Å². The molecule has 1 rings (SSSR count). The first-order valence-electron chi connectivity index (χ1n) is 11.7. The quantitative estimate of drug-likeness (QED) is 0.213. The van der Waals surface area contributed by atoms with Gasteiger partial charge in [0.2, 0.25) is 0 Å². The highest BCUT2D eigenvalue weighted by Crippen LogP contribution is 2.17. The van der Waals surface area contributed by atoms with Crippen LogP contribution in [-0.2, 0) is 6.42 Å². The number of aryl methyl sites for hydroxylation is 1. The van der Waals surface area contributed by atoms with E-state index < -0.39 is 0 Å². The van der Waals surface area contributed by atoms with Gasteiger partial charge in [-0.1, -0.05) is 75.4 Å². The van der Waals surface area contributed by atoms with Gasteiger partial charge in [-0.2, -0.15) is 5.26 Å². The van der Waals surface area contributed by atoms with Gasteiger partial charge in [0.1, 0.15) is 0 Å². The van der Waals surface area contributed by atoms with Gasteiger partial charge in [0, 0.05) is 4.47 Å². The van der Waals surface area contributed by atoms with Crippen LogP contribution in [0.3, 0.4) is 0 Å². The first-order valence-corrected chi connectivity index (χ1v) is 12.5. The van der Waals surface area contributed by atoms with E-state index in [0.29, 0.717) is 6.42 Å². The minimum absolute atomic E-state index is 0.499. The maximum absolute atomic E-state index is 8.45. The summed E-state index contributed by atoms with van der Waals surface area (Å²) in [6.07, 6.45) is 11.6. The van der Waals surface area contributed by atoms with Gasteiger partial charge >= 0.3 is 0 Å². The van der Waals surface area contributed by atoms with Gasteiger partial charge in [-0.25, -0.2) is 0 Å². The van der Waals surface area contributed by atoms with Gasteiger partial charge in [0.15, 0.2) is 0 Å². The molecule has 3 nitrogen and oxygen atoms in total. The van der Waals surface area contributed by atoms with Crippen molar-refractivity contribution in [3.63, 3.8) is 0 Å². The predicted octanol–water partition coefficient (Wildman–Crippen LogP) is 7.92. The van der Waals surface area contributed by atoms with Gasteiger partial charge < -0.3 is 16.3 Å². The van der Waals surface area contributed by atoms with E-state index in [1.807, 2.05) is 25.1 Å². The molecule has 0 atom stereocenters. The van der Waals surface area contributed by atoms with Crippen LogP contribution in [0.2, 0.25) is 0 Å². The summed E-state index contributed by atoms with van der Waals surface area (Å²) in [6, 6.07) is 8.08. The van der Waals surface area contributed by atoms with Crippen LogP contribution >= 0.6 is 15.9 Å². The predicted molar refractivity (Wildman–Crippen MR) is 133 cm³/mol. The molecule has 0 bridgehead atoms. The number of rotatable bonds is 13. The van der Waals surface area contributed by atoms with Crippen molar-refractivity contribution in [1.82, 2.24) is 0 Å². The molecule has 0 aromatic heterocycles. The number of quaternary nitrogens is 1. The van der Waals surface area contributed by atoms with E-state index in [0.717, 1.165) is 10.0 Å². The fourth-order valence-corrected chi connectivity index (χ4v) is 4.06. The lowest BCUT2D eigenvalue weighted by Gasteiger charge is -2.39. The minimum atomic E-state index is 0.499. The summed E-state index contributed by atoms with van der Waals surface area (Å²) in [7, 11) is 0. The van der Waals surface area contributed by atoms with E-state index in [1.54, 1.807) is 0 Å². The Morgan fingerprint density at radius 2 is 1.23 bits per heavy atom. The Bertz CT molecular complexity index is 552. The lowest BCUT2D eigenvalue weighted by molar-refractivity contribution is -0.929. The van der Waals surface area contributed by atoms with Crippen molar-refractivity contribution in [2.24, 2.45) is 0 Å². The van der Waals surface area contributed by atoms with Crippen molar-refractivity contribution in [3.05, 3.63) is 40.4 Å². The molecule has 0 heterocycles. The molecule has 0 saturated heterocycles. The largest absolute Gasteiger partial charge is 0.512 e. The van der Waals surface area contributed by atoms with Crippen molar-refractivity contribution >= 4 is 15.9 Å². The number of halogens is 1. The maximum Gasteiger partial charge on any atom is 0.0786 e. The lowest BCUT2D eigenvalue weighted by Crippen LogP contribution is -2.50. The molecule has 0 saturated carbocycles. The fourth-order valence-electron chi connectivity index (χ4n) is 3.59. The SMILES string of the molecule is CCCC[N+](CCCC)(CCCC)CCCC.Cc1cc(Br)ccc1CC#N.[C-]#N. The van der Waals surface area contributed by atoms with E-state index in [9.17, 15) is 0 Å². The Hall–Kier alpha value is -1.36. The summed E-state index contributed by atoms with van der Waals surface area (Å²) in [4.78, 5) is 0. The molecule has 0 aliphatic carbocycles. The van der Waals surface area contributed by atoms with Crippen LogP contribution in [0.25, 0.3) is 0 Å². The molecular weight excluding hydrogens is 434 g/mol. The van der Waals surface area contributed by atoms with E-state index >= 15 is 0 Å². The Morgan fingerprint density at radius 1 is 0.833 bits per heavy atom. The van der Waals surface area contributed by atoms with Crippen LogP contribution in [0.1, 0.15) is 90.2 Å². The Balaban J connectivity index is 0. The first-order chi connectivity index (χ1) is 14.5. The summed E-state index contributed by atoms with van der Waals surface area (Å²) in [5.74, 6) is 0. The van der Waals surface area contributed by atoms with Crippen LogP contribution in [0.15, 0.2) is 22.7 Å².